The van der Waals surface area contributed by atoms with Gasteiger partial charge in [0.25, 0.3) is 5.91 Å². The van der Waals surface area contributed by atoms with Gasteiger partial charge in [-0.2, -0.15) is 0 Å². The first-order chi connectivity index (χ1) is 10.6. The summed E-state index contributed by atoms with van der Waals surface area (Å²) >= 11 is 0. The summed E-state index contributed by atoms with van der Waals surface area (Å²) < 4.78 is 10.5. The van der Waals surface area contributed by atoms with E-state index in [1.807, 2.05) is 19.1 Å². The Kier molecular flexibility index (Phi) is 5.38. The van der Waals surface area contributed by atoms with Crippen LogP contribution in [-0.4, -0.2) is 19.6 Å². The predicted octanol–water partition coefficient (Wildman–Crippen LogP) is 2.73. The number of anilines is 1. The number of carbonyl (C=O) groups is 1. The molecule has 0 aromatic heterocycles. The Morgan fingerprint density at radius 2 is 1.68 bits per heavy atom. The van der Waals surface area contributed by atoms with Gasteiger partial charge in [-0.15, -0.1) is 0 Å². The molecule has 0 radical (unpaired) electrons. The Bertz CT molecular complexity index is 607. The zero-order chi connectivity index (χ0) is 15.9. The third kappa shape index (κ3) is 4.49. The minimum atomic E-state index is -0.221. The van der Waals surface area contributed by atoms with Crippen LogP contribution in [0.25, 0.3) is 0 Å². The Labute approximate surface area is 130 Å². The molecule has 0 bridgehead atoms. The Morgan fingerprint density at radius 3 is 2.23 bits per heavy atom. The van der Waals surface area contributed by atoms with Gasteiger partial charge in [0, 0.05) is 11.7 Å². The van der Waals surface area contributed by atoms with Crippen LogP contribution in [0.1, 0.15) is 18.5 Å². The molecule has 2 aromatic carbocycles. The molecule has 0 aliphatic rings. The van der Waals surface area contributed by atoms with Gasteiger partial charge in [0.2, 0.25) is 0 Å². The van der Waals surface area contributed by atoms with Crippen molar-refractivity contribution in [2.45, 2.75) is 13.0 Å². The molecule has 1 amide bonds. The lowest BCUT2D eigenvalue weighted by Crippen LogP contribution is -2.20. The number of carbonyl (C=O) groups excluding carboxylic acids is 1. The number of methoxy groups -OCH3 is 1. The van der Waals surface area contributed by atoms with Gasteiger partial charge >= 0.3 is 0 Å². The zero-order valence-corrected chi connectivity index (χ0v) is 12.7. The van der Waals surface area contributed by atoms with Crippen molar-refractivity contribution in [2.24, 2.45) is 5.73 Å². The topological polar surface area (TPSA) is 73.6 Å². The standard InChI is InChI=1S/C17H20N2O3/c1-12(18)13-3-7-16(8-4-13)22-11-17(20)19-14-5-9-15(21-2)10-6-14/h3-10,12H,11,18H2,1-2H3,(H,19,20). The van der Waals surface area contributed by atoms with Crippen molar-refractivity contribution < 1.29 is 14.3 Å². The van der Waals surface area contributed by atoms with E-state index in [-0.39, 0.29) is 18.6 Å². The van der Waals surface area contributed by atoms with Crippen molar-refractivity contribution in [2.75, 3.05) is 19.0 Å². The van der Waals surface area contributed by atoms with Crippen LogP contribution in [0.2, 0.25) is 0 Å². The molecule has 22 heavy (non-hydrogen) atoms. The van der Waals surface area contributed by atoms with E-state index in [2.05, 4.69) is 5.32 Å². The van der Waals surface area contributed by atoms with E-state index >= 15 is 0 Å². The molecule has 0 fully saturated rings. The van der Waals surface area contributed by atoms with Crippen LogP contribution in [0.4, 0.5) is 5.69 Å². The summed E-state index contributed by atoms with van der Waals surface area (Å²) in [5.41, 5.74) is 7.50. The van der Waals surface area contributed by atoms with Crippen LogP contribution in [0.3, 0.4) is 0 Å². The minimum absolute atomic E-state index is 0.0209. The second kappa shape index (κ2) is 7.47. The summed E-state index contributed by atoms with van der Waals surface area (Å²) in [6, 6.07) is 14.5. The van der Waals surface area contributed by atoms with Gasteiger partial charge in [0.15, 0.2) is 6.61 Å². The number of benzene rings is 2. The van der Waals surface area contributed by atoms with Crippen molar-refractivity contribution in [3.8, 4) is 11.5 Å². The lowest BCUT2D eigenvalue weighted by Gasteiger charge is -2.09. The highest BCUT2D eigenvalue weighted by atomic mass is 16.5. The van der Waals surface area contributed by atoms with Crippen LogP contribution in [-0.2, 0) is 4.79 Å². The number of hydrogen-bond acceptors (Lipinski definition) is 4. The normalized spacial score (nSPS) is 11.6. The molecule has 0 saturated carbocycles. The smallest absolute Gasteiger partial charge is 0.262 e. The van der Waals surface area contributed by atoms with Gasteiger partial charge in [-0.05, 0) is 48.9 Å². The van der Waals surface area contributed by atoms with E-state index < -0.39 is 0 Å². The quantitative estimate of drug-likeness (QED) is 0.860. The van der Waals surface area contributed by atoms with Crippen LogP contribution in [0.15, 0.2) is 48.5 Å². The van der Waals surface area contributed by atoms with E-state index in [9.17, 15) is 4.79 Å². The summed E-state index contributed by atoms with van der Waals surface area (Å²) in [5.74, 6) is 1.15. The molecule has 0 aliphatic carbocycles. The van der Waals surface area contributed by atoms with E-state index in [1.54, 1.807) is 43.5 Å². The van der Waals surface area contributed by atoms with Crippen molar-refractivity contribution in [3.05, 3.63) is 54.1 Å². The minimum Gasteiger partial charge on any atom is -0.497 e. The molecule has 2 aromatic rings. The number of amides is 1. The lowest BCUT2D eigenvalue weighted by atomic mass is 10.1. The van der Waals surface area contributed by atoms with E-state index in [4.69, 9.17) is 15.2 Å². The number of hydrogen-bond donors (Lipinski definition) is 2. The molecule has 2 rings (SSSR count). The van der Waals surface area contributed by atoms with Gasteiger partial charge < -0.3 is 20.5 Å². The molecular formula is C17H20N2O3. The Hall–Kier alpha value is -2.53. The summed E-state index contributed by atoms with van der Waals surface area (Å²) in [6.45, 7) is 1.86. The van der Waals surface area contributed by atoms with Crippen molar-refractivity contribution in [3.63, 3.8) is 0 Å². The highest BCUT2D eigenvalue weighted by Crippen LogP contribution is 2.17. The predicted molar refractivity (Wildman–Crippen MR) is 86.2 cm³/mol. The fraction of sp³-hybridized carbons (Fsp3) is 0.235. The SMILES string of the molecule is COc1ccc(NC(=O)COc2ccc(C(C)N)cc2)cc1. The molecule has 0 heterocycles. The fourth-order valence-electron chi connectivity index (χ4n) is 1.89. The van der Waals surface area contributed by atoms with E-state index in [0.29, 0.717) is 11.4 Å². The average Bonchev–Trinajstić information content (AvgIpc) is 2.54. The third-order valence-electron chi connectivity index (χ3n) is 3.15. The van der Waals surface area contributed by atoms with Gasteiger partial charge in [0.05, 0.1) is 7.11 Å². The average molecular weight is 300 g/mol. The summed E-state index contributed by atoms with van der Waals surface area (Å²) in [7, 11) is 1.60. The first-order valence-electron chi connectivity index (χ1n) is 7.00. The second-order valence-electron chi connectivity index (χ2n) is 4.92. The number of nitrogens with one attached hydrogen (secondary N) is 1. The molecule has 0 spiro atoms. The molecule has 5 heteroatoms. The lowest BCUT2D eigenvalue weighted by molar-refractivity contribution is -0.118. The highest BCUT2D eigenvalue weighted by Gasteiger charge is 2.05. The number of ether oxygens (including phenoxy) is 2. The largest absolute Gasteiger partial charge is 0.497 e. The Morgan fingerprint density at radius 1 is 1.09 bits per heavy atom. The molecule has 1 unspecified atom stereocenters. The van der Waals surface area contributed by atoms with Crippen LogP contribution >= 0.6 is 0 Å². The van der Waals surface area contributed by atoms with Crippen LogP contribution in [0.5, 0.6) is 11.5 Å². The molecule has 116 valence electrons. The maximum Gasteiger partial charge on any atom is 0.262 e. The van der Waals surface area contributed by atoms with E-state index in [1.165, 1.54) is 0 Å². The van der Waals surface area contributed by atoms with E-state index in [0.717, 1.165) is 11.3 Å². The highest BCUT2D eigenvalue weighted by molar-refractivity contribution is 5.91. The van der Waals surface area contributed by atoms with Crippen LogP contribution < -0.4 is 20.5 Å². The molecule has 0 aliphatic heterocycles. The molecule has 1 atom stereocenters. The monoisotopic (exact) mass is 300 g/mol. The second-order valence-corrected chi connectivity index (χ2v) is 4.92. The molecule has 3 N–H and O–H groups in total. The van der Waals surface area contributed by atoms with Gasteiger partial charge in [-0.1, -0.05) is 12.1 Å². The Balaban J connectivity index is 1.84. The van der Waals surface area contributed by atoms with Crippen molar-refractivity contribution in [1.82, 2.24) is 0 Å². The number of nitrogens with two attached hydrogens (primary N) is 1. The van der Waals surface area contributed by atoms with Gasteiger partial charge in [0.1, 0.15) is 11.5 Å². The zero-order valence-electron chi connectivity index (χ0n) is 12.7. The first kappa shape index (κ1) is 15.9. The van der Waals surface area contributed by atoms with Crippen LogP contribution in [0, 0.1) is 0 Å². The van der Waals surface area contributed by atoms with Gasteiger partial charge in [-0.25, -0.2) is 0 Å². The number of rotatable bonds is 6. The molecule has 0 saturated heterocycles. The first-order valence-corrected chi connectivity index (χ1v) is 7.00. The molecular weight excluding hydrogens is 280 g/mol. The van der Waals surface area contributed by atoms with Crippen molar-refractivity contribution >= 4 is 11.6 Å². The third-order valence-corrected chi connectivity index (χ3v) is 3.15. The maximum absolute atomic E-state index is 11.8. The molecule has 5 nitrogen and oxygen atoms in total. The van der Waals surface area contributed by atoms with Gasteiger partial charge in [-0.3, -0.25) is 4.79 Å². The van der Waals surface area contributed by atoms with Crippen molar-refractivity contribution in [1.29, 1.82) is 0 Å². The summed E-state index contributed by atoms with van der Waals surface area (Å²) in [5, 5.41) is 2.75. The maximum atomic E-state index is 11.8. The fourth-order valence-corrected chi connectivity index (χ4v) is 1.89. The summed E-state index contributed by atoms with van der Waals surface area (Å²) in [4.78, 5) is 11.8. The summed E-state index contributed by atoms with van der Waals surface area (Å²) in [6.07, 6.45) is 0.